The predicted molar refractivity (Wildman–Crippen MR) is 93.5 cm³/mol. The van der Waals surface area contributed by atoms with Gasteiger partial charge in [0.25, 0.3) is 0 Å². The summed E-state index contributed by atoms with van der Waals surface area (Å²) in [4.78, 5) is 1.23. The highest BCUT2D eigenvalue weighted by molar-refractivity contribution is 7.15. The van der Waals surface area contributed by atoms with Crippen molar-refractivity contribution in [2.45, 2.75) is 12.7 Å². The van der Waals surface area contributed by atoms with E-state index in [9.17, 15) is 22.0 Å². The summed E-state index contributed by atoms with van der Waals surface area (Å²) in [7, 11) is 0. The third-order valence-electron chi connectivity index (χ3n) is 3.62. The summed E-state index contributed by atoms with van der Waals surface area (Å²) in [6, 6.07) is 9.93. The van der Waals surface area contributed by atoms with Crippen LogP contribution in [0.3, 0.4) is 0 Å². The molecule has 1 nitrogen and oxygen atoms in total. The molecule has 0 saturated heterocycles. The van der Waals surface area contributed by atoms with E-state index in [-0.39, 0.29) is 22.8 Å². The maximum absolute atomic E-state index is 13.6. The van der Waals surface area contributed by atoms with Gasteiger partial charge in [0.2, 0.25) is 0 Å². The van der Waals surface area contributed by atoms with Crippen molar-refractivity contribution >= 4 is 28.6 Å². The lowest BCUT2D eigenvalue weighted by molar-refractivity contribution is -0.137. The van der Waals surface area contributed by atoms with Crippen molar-refractivity contribution in [3.63, 3.8) is 0 Å². The largest absolute Gasteiger partial charge is 0.416 e. The highest BCUT2D eigenvalue weighted by atomic mass is 35.5. The molecule has 3 rings (SSSR count). The van der Waals surface area contributed by atoms with E-state index in [1.807, 2.05) is 0 Å². The van der Waals surface area contributed by atoms with Crippen LogP contribution in [0.5, 0.6) is 0 Å². The summed E-state index contributed by atoms with van der Waals surface area (Å²) in [5.41, 5.74) is -0.784. The smallest absolute Gasteiger partial charge is 0.375 e. The topological polar surface area (TPSA) is 12.0 Å². The monoisotopic (exact) mass is 403 g/mol. The fourth-order valence-electron chi connectivity index (χ4n) is 2.35. The maximum atomic E-state index is 13.6. The van der Waals surface area contributed by atoms with Crippen LogP contribution in [0.4, 0.5) is 27.6 Å². The molecule has 2 aromatic carbocycles. The molecule has 8 heteroatoms. The summed E-state index contributed by atoms with van der Waals surface area (Å²) >= 11 is 7.22. The minimum Gasteiger partial charge on any atom is -0.375 e. The Hall–Kier alpha value is -2.12. The number of hydrogen-bond acceptors (Lipinski definition) is 2. The molecule has 0 atom stereocenters. The Morgan fingerprint density at radius 2 is 1.65 bits per heavy atom. The number of hydrogen-bond donors (Lipinski definition) is 1. The quantitative estimate of drug-likeness (QED) is 0.463. The Labute approximate surface area is 155 Å². The van der Waals surface area contributed by atoms with E-state index in [2.05, 4.69) is 5.32 Å². The summed E-state index contributed by atoms with van der Waals surface area (Å²) in [6.07, 6.45) is -4.47. The van der Waals surface area contributed by atoms with Crippen molar-refractivity contribution in [1.29, 1.82) is 0 Å². The number of alkyl halides is 3. The number of nitrogens with one attached hydrogen (secondary N) is 1. The lowest BCUT2D eigenvalue weighted by Crippen LogP contribution is -2.04. The van der Waals surface area contributed by atoms with Crippen molar-refractivity contribution in [2.75, 3.05) is 5.32 Å². The van der Waals surface area contributed by atoms with Crippen molar-refractivity contribution in [3.05, 3.63) is 75.6 Å². The minimum atomic E-state index is -4.47. The number of benzene rings is 2. The van der Waals surface area contributed by atoms with Gasteiger partial charge in [0, 0.05) is 26.9 Å². The van der Waals surface area contributed by atoms with Gasteiger partial charge in [-0.1, -0.05) is 17.7 Å². The van der Waals surface area contributed by atoms with E-state index in [0.717, 1.165) is 24.3 Å². The molecule has 1 heterocycles. The van der Waals surface area contributed by atoms with Gasteiger partial charge in [-0.05, 0) is 42.5 Å². The van der Waals surface area contributed by atoms with Gasteiger partial charge >= 0.3 is 6.18 Å². The van der Waals surface area contributed by atoms with E-state index < -0.39 is 23.4 Å². The molecular weight excluding hydrogens is 393 g/mol. The highest BCUT2D eigenvalue weighted by Gasteiger charge is 2.31. The van der Waals surface area contributed by atoms with E-state index >= 15 is 0 Å². The number of rotatable bonds is 4. The fourth-order valence-corrected chi connectivity index (χ4v) is 3.60. The first-order chi connectivity index (χ1) is 12.3. The van der Waals surface area contributed by atoms with E-state index in [1.54, 1.807) is 12.1 Å². The zero-order valence-electron chi connectivity index (χ0n) is 13.0. The second kappa shape index (κ2) is 7.25. The van der Waals surface area contributed by atoms with Gasteiger partial charge in [0.05, 0.1) is 5.56 Å². The zero-order chi connectivity index (χ0) is 18.9. The first-order valence-corrected chi connectivity index (χ1v) is 8.59. The molecule has 26 heavy (non-hydrogen) atoms. The van der Waals surface area contributed by atoms with Crippen LogP contribution in [0.1, 0.15) is 10.4 Å². The highest BCUT2D eigenvalue weighted by Crippen LogP contribution is 2.38. The van der Waals surface area contributed by atoms with Crippen LogP contribution in [0, 0.1) is 11.6 Å². The van der Waals surface area contributed by atoms with Crippen molar-refractivity contribution in [3.8, 4) is 10.4 Å². The van der Waals surface area contributed by atoms with Crippen molar-refractivity contribution in [1.82, 2.24) is 0 Å². The Bertz CT molecular complexity index is 915. The minimum absolute atomic E-state index is 0.124. The van der Waals surface area contributed by atoms with Crippen molar-refractivity contribution < 1.29 is 22.0 Å². The molecule has 0 bridgehead atoms. The average molecular weight is 404 g/mol. The van der Waals surface area contributed by atoms with Gasteiger partial charge in [-0.2, -0.15) is 13.2 Å². The van der Waals surface area contributed by atoms with E-state index in [4.69, 9.17) is 11.6 Å². The van der Waals surface area contributed by atoms with Crippen LogP contribution >= 0.6 is 22.9 Å². The molecule has 0 aliphatic rings. The molecule has 1 aromatic heterocycles. The van der Waals surface area contributed by atoms with Gasteiger partial charge in [0.1, 0.15) is 17.3 Å². The van der Waals surface area contributed by atoms with E-state index in [1.165, 1.54) is 23.5 Å². The van der Waals surface area contributed by atoms with Crippen LogP contribution < -0.4 is 5.32 Å². The van der Waals surface area contributed by atoms with Crippen LogP contribution in [0.2, 0.25) is 5.02 Å². The van der Waals surface area contributed by atoms with Crippen LogP contribution in [0.25, 0.3) is 10.4 Å². The Morgan fingerprint density at radius 1 is 0.962 bits per heavy atom. The third-order valence-corrected chi connectivity index (χ3v) is 5.07. The molecule has 1 N–H and O–H groups in total. The lowest BCUT2D eigenvalue weighted by atomic mass is 10.1. The van der Waals surface area contributed by atoms with Gasteiger partial charge in [-0.25, -0.2) is 8.78 Å². The molecule has 0 spiro atoms. The first-order valence-electron chi connectivity index (χ1n) is 7.39. The third kappa shape index (κ3) is 3.99. The van der Waals surface area contributed by atoms with Crippen LogP contribution in [-0.2, 0) is 12.7 Å². The fraction of sp³-hybridized carbons (Fsp3) is 0.111. The van der Waals surface area contributed by atoms with Crippen LogP contribution in [-0.4, -0.2) is 0 Å². The van der Waals surface area contributed by atoms with E-state index in [0.29, 0.717) is 9.75 Å². The molecule has 0 unspecified atom stereocenters. The molecular formula is C18H11ClF5NS. The molecule has 0 fully saturated rings. The molecule has 3 aromatic rings. The Kier molecular flexibility index (Phi) is 5.20. The molecule has 0 amide bonds. The summed E-state index contributed by atoms with van der Waals surface area (Å²) in [5.74, 6) is -1.44. The first kappa shape index (κ1) is 18.7. The van der Waals surface area contributed by atoms with Crippen LogP contribution in [0.15, 0.2) is 48.5 Å². The predicted octanol–water partition coefficient (Wildman–Crippen LogP) is 6.98. The summed E-state index contributed by atoms with van der Waals surface area (Å²) in [6.45, 7) is 0.124. The second-order valence-electron chi connectivity index (χ2n) is 5.41. The number of para-hydroxylation sites is 1. The summed E-state index contributed by atoms with van der Waals surface area (Å²) < 4.78 is 65.9. The second-order valence-corrected chi connectivity index (χ2v) is 6.98. The number of halogens is 6. The lowest BCUT2D eigenvalue weighted by Gasteiger charge is -2.09. The zero-order valence-corrected chi connectivity index (χ0v) is 14.6. The normalized spacial score (nSPS) is 11.6. The van der Waals surface area contributed by atoms with Gasteiger partial charge < -0.3 is 5.32 Å². The van der Waals surface area contributed by atoms with Gasteiger partial charge in [0.15, 0.2) is 0 Å². The Balaban J connectivity index is 1.82. The van der Waals surface area contributed by atoms with Gasteiger partial charge in [-0.3, -0.25) is 0 Å². The Morgan fingerprint density at radius 3 is 2.31 bits per heavy atom. The number of anilines is 1. The SMILES string of the molecule is Fc1cccc(F)c1NCc1ccc(-c2cc(C(F)(F)F)ccc2Cl)s1. The molecule has 0 saturated carbocycles. The average Bonchev–Trinajstić information content (AvgIpc) is 3.02. The molecule has 0 aliphatic heterocycles. The maximum Gasteiger partial charge on any atom is 0.416 e. The standard InChI is InChI=1S/C18H11ClF5NS/c19-13-6-4-10(18(22,23)24)8-12(13)16-7-5-11(26-16)9-25-17-14(20)2-1-3-15(17)21/h1-8,25H,9H2. The molecule has 136 valence electrons. The molecule has 0 aliphatic carbocycles. The van der Waals surface area contributed by atoms with Crippen molar-refractivity contribution in [2.24, 2.45) is 0 Å². The van der Waals surface area contributed by atoms with Gasteiger partial charge in [-0.15, -0.1) is 11.3 Å². The molecule has 0 radical (unpaired) electrons. The number of thiophene rings is 1. The summed E-state index contributed by atoms with van der Waals surface area (Å²) in [5, 5.41) is 2.85.